The third-order valence-electron chi connectivity index (χ3n) is 2.98. The Kier molecular flexibility index (Phi) is 3.86. The first-order valence-electron chi connectivity index (χ1n) is 6.04. The maximum absolute atomic E-state index is 5.91. The van der Waals surface area contributed by atoms with Gasteiger partial charge in [0.2, 0.25) is 0 Å². The summed E-state index contributed by atoms with van der Waals surface area (Å²) in [6.07, 6.45) is 2.04. The smallest absolute Gasteiger partial charge is 0.0406 e. The molecule has 0 fully saturated rings. The molecule has 0 N–H and O–H groups in total. The fourth-order valence-electron chi connectivity index (χ4n) is 1.97. The molecule has 17 heavy (non-hydrogen) atoms. The summed E-state index contributed by atoms with van der Waals surface area (Å²) in [7, 11) is 0. The Morgan fingerprint density at radius 1 is 0.941 bits per heavy atom. The first-order valence-corrected chi connectivity index (χ1v) is 6.42. The molecule has 0 spiro atoms. The zero-order valence-corrected chi connectivity index (χ0v) is 11.0. The van der Waals surface area contributed by atoms with Crippen molar-refractivity contribution in [1.29, 1.82) is 0 Å². The Labute approximate surface area is 108 Å². The number of halogens is 1. The number of hydrogen-bond donors (Lipinski definition) is 0. The van der Waals surface area contributed by atoms with Gasteiger partial charge in [-0.15, -0.1) is 0 Å². The molecule has 0 bridgehead atoms. The number of rotatable bonds is 3. The van der Waals surface area contributed by atoms with Gasteiger partial charge in [-0.1, -0.05) is 49.7 Å². The van der Waals surface area contributed by atoms with Crippen molar-refractivity contribution in [2.45, 2.75) is 26.7 Å². The second-order valence-corrected chi connectivity index (χ2v) is 4.53. The fraction of sp³-hybridized carbons (Fsp3) is 0.250. The lowest BCUT2D eigenvalue weighted by Gasteiger charge is -2.09. The maximum Gasteiger partial charge on any atom is 0.0406 e. The molecule has 0 aromatic heterocycles. The van der Waals surface area contributed by atoms with Gasteiger partial charge in [0, 0.05) is 5.02 Å². The van der Waals surface area contributed by atoms with Gasteiger partial charge in [0.05, 0.1) is 0 Å². The van der Waals surface area contributed by atoms with Gasteiger partial charge in [-0.3, -0.25) is 0 Å². The second kappa shape index (κ2) is 5.37. The van der Waals surface area contributed by atoms with Crippen molar-refractivity contribution >= 4 is 11.6 Å². The molecular weight excluding hydrogens is 228 g/mol. The van der Waals surface area contributed by atoms with E-state index in [1.165, 1.54) is 22.3 Å². The lowest BCUT2D eigenvalue weighted by Crippen LogP contribution is -1.91. The highest BCUT2D eigenvalue weighted by Crippen LogP contribution is 2.26. The standard InChI is InChI=1S/C16H16Cl/c1-3-12-5-10-16(13(4-2)11-12)14-6-8-15(17)9-7-14/h5-10H,3-4H2,1-2H3. The second-order valence-electron chi connectivity index (χ2n) is 4.09. The van der Waals surface area contributed by atoms with E-state index in [1.54, 1.807) is 0 Å². The van der Waals surface area contributed by atoms with Gasteiger partial charge in [-0.2, -0.15) is 0 Å². The summed E-state index contributed by atoms with van der Waals surface area (Å²) < 4.78 is 0. The molecule has 0 nitrogen and oxygen atoms in total. The minimum atomic E-state index is 0.779. The quantitative estimate of drug-likeness (QED) is 0.717. The summed E-state index contributed by atoms with van der Waals surface area (Å²) in [4.78, 5) is 0. The Hall–Kier alpha value is -1.27. The van der Waals surface area contributed by atoms with E-state index in [-0.39, 0.29) is 0 Å². The molecule has 2 aromatic rings. The van der Waals surface area contributed by atoms with Crippen molar-refractivity contribution in [1.82, 2.24) is 0 Å². The Morgan fingerprint density at radius 3 is 2.24 bits per heavy atom. The molecule has 1 heteroatoms. The van der Waals surface area contributed by atoms with Crippen LogP contribution < -0.4 is 0 Å². The van der Waals surface area contributed by atoms with Crippen LogP contribution in [0.5, 0.6) is 0 Å². The fourth-order valence-corrected chi connectivity index (χ4v) is 2.10. The van der Waals surface area contributed by atoms with Crippen molar-refractivity contribution in [2.24, 2.45) is 0 Å². The van der Waals surface area contributed by atoms with E-state index in [2.05, 4.69) is 44.2 Å². The average molecular weight is 244 g/mol. The minimum Gasteiger partial charge on any atom is -0.0843 e. The molecule has 2 aromatic carbocycles. The Morgan fingerprint density at radius 2 is 1.65 bits per heavy atom. The molecule has 0 saturated carbocycles. The molecule has 1 radical (unpaired) electrons. The van der Waals surface area contributed by atoms with Crippen LogP contribution in [0.25, 0.3) is 11.1 Å². The third-order valence-corrected chi connectivity index (χ3v) is 3.23. The molecule has 0 heterocycles. The van der Waals surface area contributed by atoms with Gasteiger partial charge in [-0.25, -0.2) is 0 Å². The van der Waals surface area contributed by atoms with Gasteiger partial charge in [0.25, 0.3) is 0 Å². The highest BCUT2D eigenvalue weighted by Gasteiger charge is 2.05. The van der Waals surface area contributed by atoms with Gasteiger partial charge in [-0.05, 0) is 53.3 Å². The SMILES string of the molecule is CCc1[c]c(CC)c(-c2ccc(Cl)cc2)cc1. The predicted octanol–water partition coefficient (Wildman–Crippen LogP) is 4.93. The highest BCUT2D eigenvalue weighted by atomic mass is 35.5. The average Bonchev–Trinajstić information content (AvgIpc) is 2.39. The van der Waals surface area contributed by atoms with Crippen LogP contribution in [0.3, 0.4) is 0 Å². The lowest BCUT2D eigenvalue weighted by atomic mass is 9.95. The van der Waals surface area contributed by atoms with Crippen LogP contribution in [0.4, 0.5) is 0 Å². The lowest BCUT2D eigenvalue weighted by molar-refractivity contribution is 1.08. The van der Waals surface area contributed by atoms with E-state index in [1.807, 2.05) is 12.1 Å². The summed E-state index contributed by atoms with van der Waals surface area (Å²) >= 11 is 5.91. The Balaban J connectivity index is 2.47. The van der Waals surface area contributed by atoms with Crippen molar-refractivity contribution in [3.05, 3.63) is 58.6 Å². The monoisotopic (exact) mass is 243 g/mol. The van der Waals surface area contributed by atoms with E-state index in [0.29, 0.717) is 0 Å². The van der Waals surface area contributed by atoms with E-state index in [0.717, 1.165) is 17.9 Å². The van der Waals surface area contributed by atoms with Crippen LogP contribution in [0.15, 0.2) is 36.4 Å². The zero-order valence-electron chi connectivity index (χ0n) is 10.3. The summed E-state index contributed by atoms with van der Waals surface area (Å²) in [6.45, 7) is 4.33. The van der Waals surface area contributed by atoms with Gasteiger partial charge >= 0.3 is 0 Å². The van der Waals surface area contributed by atoms with Gasteiger partial charge in [0.1, 0.15) is 0 Å². The van der Waals surface area contributed by atoms with E-state index >= 15 is 0 Å². The van der Waals surface area contributed by atoms with E-state index in [4.69, 9.17) is 11.6 Å². The number of hydrogen-bond acceptors (Lipinski definition) is 0. The minimum absolute atomic E-state index is 0.779. The van der Waals surface area contributed by atoms with E-state index < -0.39 is 0 Å². The Bertz CT molecular complexity index is 497. The van der Waals surface area contributed by atoms with Crippen molar-refractivity contribution < 1.29 is 0 Å². The van der Waals surface area contributed by atoms with Crippen molar-refractivity contribution in [2.75, 3.05) is 0 Å². The molecule has 0 aliphatic carbocycles. The van der Waals surface area contributed by atoms with Crippen LogP contribution in [-0.2, 0) is 12.8 Å². The summed E-state index contributed by atoms with van der Waals surface area (Å²) in [5.41, 5.74) is 5.04. The van der Waals surface area contributed by atoms with Crippen LogP contribution in [-0.4, -0.2) is 0 Å². The maximum atomic E-state index is 5.91. The van der Waals surface area contributed by atoms with Crippen molar-refractivity contribution in [3.8, 4) is 11.1 Å². The summed E-state index contributed by atoms with van der Waals surface area (Å²) in [5, 5.41) is 0.779. The first kappa shape index (κ1) is 12.2. The molecule has 0 amide bonds. The van der Waals surface area contributed by atoms with Crippen LogP contribution in [0.1, 0.15) is 25.0 Å². The number of benzene rings is 2. The third kappa shape index (κ3) is 2.70. The molecule has 2 rings (SSSR count). The normalized spacial score (nSPS) is 10.5. The highest BCUT2D eigenvalue weighted by molar-refractivity contribution is 6.30. The van der Waals surface area contributed by atoms with Crippen molar-refractivity contribution in [3.63, 3.8) is 0 Å². The summed E-state index contributed by atoms with van der Waals surface area (Å²) in [5.74, 6) is 0. The van der Waals surface area contributed by atoms with E-state index in [9.17, 15) is 0 Å². The molecular formula is C16H16Cl. The van der Waals surface area contributed by atoms with Gasteiger partial charge < -0.3 is 0 Å². The largest absolute Gasteiger partial charge is 0.0843 e. The molecule has 0 atom stereocenters. The molecule has 0 aliphatic rings. The topological polar surface area (TPSA) is 0 Å². The molecule has 0 unspecified atom stereocenters. The number of aryl methyl sites for hydroxylation is 2. The van der Waals surface area contributed by atoms with Crippen LogP contribution in [0, 0.1) is 6.07 Å². The molecule has 0 saturated heterocycles. The zero-order chi connectivity index (χ0) is 12.3. The predicted molar refractivity (Wildman–Crippen MR) is 74.5 cm³/mol. The van der Waals surface area contributed by atoms with Gasteiger partial charge in [0.15, 0.2) is 0 Å². The molecule has 0 aliphatic heterocycles. The van der Waals surface area contributed by atoms with Crippen LogP contribution in [0.2, 0.25) is 5.02 Å². The van der Waals surface area contributed by atoms with Crippen LogP contribution >= 0.6 is 11.6 Å². The molecule has 87 valence electrons. The summed E-state index contributed by atoms with van der Waals surface area (Å²) in [6, 6.07) is 15.8. The first-order chi connectivity index (χ1) is 8.24.